The zero-order chi connectivity index (χ0) is 19.8. The molecule has 0 radical (unpaired) electrons. The minimum atomic E-state index is 0.0464. The van der Waals surface area contributed by atoms with Gasteiger partial charge in [0.15, 0.2) is 0 Å². The lowest BCUT2D eigenvalue weighted by Crippen LogP contribution is -2.58. The molecule has 0 aromatic heterocycles. The van der Waals surface area contributed by atoms with E-state index < -0.39 is 0 Å². The van der Waals surface area contributed by atoms with Crippen molar-refractivity contribution in [1.29, 1.82) is 0 Å². The van der Waals surface area contributed by atoms with Gasteiger partial charge in [-0.15, -0.1) is 0 Å². The van der Waals surface area contributed by atoms with Gasteiger partial charge in [0.25, 0.3) is 0 Å². The van der Waals surface area contributed by atoms with E-state index in [1.807, 2.05) is 30.3 Å². The van der Waals surface area contributed by atoms with E-state index in [2.05, 4.69) is 33.3 Å². The number of fused-ring (bicyclic) bond motifs is 4. The van der Waals surface area contributed by atoms with Gasteiger partial charge in [0.05, 0.1) is 7.11 Å². The van der Waals surface area contributed by atoms with E-state index in [0.717, 1.165) is 50.3 Å². The largest absolute Gasteiger partial charge is 0.497 e. The number of likely N-dealkylation sites (tertiary alicyclic amines) is 1. The number of para-hydroxylation sites is 1. The van der Waals surface area contributed by atoms with Crippen LogP contribution in [0.5, 0.6) is 5.75 Å². The van der Waals surface area contributed by atoms with Gasteiger partial charge in [-0.25, -0.2) is 4.79 Å². The lowest BCUT2D eigenvalue weighted by molar-refractivity contribution is 0.00824. The molecule has 2 amide bonds. The van der Waals surface area contributed by atoms with Crippen molar-refractivity contribution >= 4 is 11.7 Å². The molecule has 152 valence electrons. The van der Waals surface area contributed by atoms with Crippen LogP contribution in [0.1, 0.15) is 36.4 Å². The quantitative estimate of drug-likeness (QED) is 0.830. The maximum Gasteiger partial charge on any atom is 0.322 e. The van der Waals surface area contributed by atoms with Crippen molar-refractivity contribution in [2.45, 2.75) is 37.8 Å². The number of hydrogen-bond acceptors (Lipinski definition) is 3. The second kappa shape index (κ2) is 7.71. The first-order valence-electron chi connectivity index (χ1n) is 10.8. The van der Waals surface area contributed by atoms with Gasteiger partial charge in [0.2, 0.25) is 0 Å². The number of benzene rings is 2. The third-order valence-corrected chi connectivity index (χ3v) is 6.96. The van der Waals surface area contributed by atoms with E-state index in [9.17, 15) is 4.79 Å². The van der Waals surface area contributed by atoms with Gasteiger partial charge >= 0.3 is 6.03 Å². The normalized spacial score (nSPS) is 26.1. The third-order valence-electron chi connectivity index (χ3n) is 6.96. The van der Waals surface area contributed by atoms with Crippen LogP contribution >= 0.6 is 0 Å². The van der Waals surface area contributed by atoms with Gasteiger partial charge < -0.3 is 15.0 Å². The van der Waals surface area contributed by atoms with E-state index in [1.54, 1.807) is 7.11 Å². The van der Waals surface area contributed by atoms with Crippen LogP contribution < -0.4 is 10.1 Å². The summed E-state index contributed by atoms with van der Waals surface area (Å²) in [6.07, 6.45) is 4.42. The van der Waals surface area contributed by atoms with Gasteiger partial charge in [0, 0.05) is 37.4 Å². The van der Waals surface area contributed by atoms with Crippen molar-refractivity contribution in [1.82, 2.24) is 9.80 Å². The van der Waals surface area contributed by atoms with Crippen molar-refractivity contribution in [3.8, 4) is 5.75 Å². The predicted octanol–water partition coefficient (Wildman–Crippen LogP) is 4.31. The van der Waals surface area contributed by atoms with Gasteiger partial charge in [-0.1, -0.05) is 24.3 Å². The summed E-state index contributed by atoms with van der Waals surface area (Å²) in [5.74, 6) is 1.51. The first-order valence-corrected chi connectivity index (χ1v) is 10.8. The molecule has 2 saturated heterocycles. The summed E-state index contributed by atoms with van der Waals surface area (Å²) >= 11 is 0. The van der Waals surface area contributed by atoms with Gasteiger partial charge in [-0.05, 0) is 67.0 Å². The zero-order valence-electron chi connectivity index (χ0n) is 17.0. The molecule has 5 heteroatoms. The lowest BCUT2D eigenvalue weighted by atomic mass is 9.76. The Balaban J connectivity index is 1.38. The number of urea groups is 1. The predicted molar refractivity (Wildman–Crippen MR) is 114 cm³/mol. The molecule has 29 heavy (non-hydrogen) atoms. The minimum Gasteiger partial charge on any atom is -0.497 e. The van der Waals surface area contributed by atoms with Crippen LogP contribution in [0.3, 0.4) is 0 Å². The number of ether oxygens (including phenoxy) is 1. The van der Waals surface area contributed by atoms with Crippen LogP contribution in [0.15, 0.2) is 48.5 Å². The lowest BCUT2D eigenvalue weighted by Gasteiger charge is -2.52. The Morgan fingerprint density at radius 1 is 1.14 bits per heavy atom. The average Bonchev–Trinajstić information content (AvgIpc) is 2.77. The Kier molecular flexibility index (Phi) is 4.92. The van der Waals surface area contributed by atoms with E-state index in [1.165, 1.54) is 17.5 Å². The molecule has 5 nitrogen and oxygen atoms in total. The van der Waals surface area contributed by atoms with Gasteiger partial charge in [-0.2, -0.15) is 0 Å². The second-order valence-corrected chi connectivity index (χ2v) is 8.52. The molecule has 0 spiro atoms. The highest BCUT2D eigenvalue weighted by Crippen LogP contribution is 2.43. The fraction of sp³-hybridized carbons (Fsp3) is 0.458. The highest BCUT2D eigenvalue weighted by atomic mass is 16.5. The summed E-state index contributed by atoms with van der Waals surface area (Å²) in [7, 11) is 1.73. The summed E-state index contributed by atoms with van der Waals surface area (Å²) in [6.45, 7) is 3.04. The highest BCUT2D eigenvalue weighted by Gasteiger charge is 2.44. The monoisotopic (exact) mass is 391 g/mol. The van der Waals surface area contributed by atoms with Crippen LogP contribution in [0, 0.1) is 5.92 Å². The van der Waals surface area contributed by atoms with E-state index in [-0.39, 0.29) is 6.03 Å². The number of methoxy groups -OCH3 is 1. The molecule has 3 aliphatic heterocycles. The summed E-state index contributed by atoms with van der Waals surface area (Å²) in [5, 5.41) is 3.11. The van der Waals surface area contributed by atoms with E-state index in [0.29, 0.717) is 18.0 Å². The molecule has 3 atom stereocenters. The number of rotatable bonds is 2. The Hall–Kier alpha value is -2.53. The fourth-order valence-electron chi connectivity index (χ4n) is 5.53. The number of nitrogens with one attached hydrogen (secondary N) is 1. The standard InChI is InChI=1S/C24H29N3O2/c1-29-20-9-10-21-17(14-20)11-13-26-16-18-6-5-12-27(22(18)15-23(21)26)24(28)25-19-7-3-2-4-8-19/h2-4,7-10,14,18,22-23H,5-6,11-13,15-16H2,1H3,(H,25,28)/t18-,22+,23+/m1/s1. The molecule has 5 rings (SSSR count). The molecule has 2 fully saturated rings. The molecular formula is C24H29N3O2. The average molecular weight is 392 g/mol. The minimum absolute atomic E-state index is 0.0464. The second-order valence-electron chi connectivity index (χ2n) is 8.52. The fourth-order valence-corrected chi connectivity index (χ4v) is 5.53. The molecule has 2 aromatic rings. The zero-order valence-corrected chi connectivity index (χ0v) is 17.0. The smallest absolute Gasteiger partial charge is 0.322 e. The van der Waals surface area contributed by atoms with Crippen molar-refractivity contribution in [2.24, 2.45) is 5.92 Å². The van der Waals surface area contributed by atoms with Gasteiger partial charge in [0.1, 0.15) is 5.75 Å². The molecule has 3 aliphatic rings. The number of hydrogen-bond donors (Lipinski definition) is 1. The summed E-state index contributed by atoms with van der Waals surface area (Å²) in [4.78, 5) is 17.9. The number of amides is 2. The molecule has 0 saturated carbocycles. The van der Waals surface area contributed by atoms with Crippen molar-refractivity contribution in [3.05, 3.63) is 59.7 Å². The summed E-state index contributed by atoms with van der Waals surface area (Å²) < 4.78 is 5.43. The highest BCUT2D eigenvalue weighted by molar-refractivity contribution is 5.89. The van der Waals surface area contributed by atoms with Crippen LogP contribution in [-0.4, -0.2) is 48.6 Å². The third kappa shape index (κ3) is 3.48. The van der Waals surface area contributed by atoms with E-state index in [4.69, 9.17) is 4.74 Å². The maximum atomic E-state index is 13.1. The van der Waals surface area contributed by atoms with Crippen LogP contribution in [-0.2, 0) is 6.42 Å². The first kappa shape index (κ1) is 18.5. The Morgan fingerprint density at radius 3 is 2.83 bits per heavy atom. The van der Waals surface area contributed by atoms with Crippen LogP contribution in [0.2, 0.25) is 0 Å². The summed E-state index contributed by atoms with van der Waals surface area (Å²) in [6, 6.07) is 17.1. The van der Waals surface area contributed by atoms with Gasteiger partial charge in [-0.3, -0.25) is 4.90 Å². The van der Waals surface area contributed by atoms with Crippen molar-refractivity contribution in [2.75, 3.05) is 32.1 Å². The number of carbonyl (C=O) groups is 1. The Labute approximate surface area is 172 Å². The topological polar surface area (TPSA) is 44.8 Å². The van der Waals surface area contributed by atoms with Crippen molar-refractivity contribution < 1.29 is 9.53 Å². The molecule has 0 aliphatic carbocycles. The molecule has 1 N–H and O–H groups in total. The van der Waals surface area contributed by atoms with E-state index >= 15 is 0 Å². The van der Waals surface area contributed by atoms with Crippen LogP contribution in [0.25, 0.3) is 0 Å². The molecule has 3 heterocycles. The Morgan fingerprint density at radius 2 is 2.00 bits per heavy atom. The van der Waals surface area contributed by atoms with Crippen molar-refractivity contribution in [3.63, 3.8) is 0 Å². The first-order chi connectivity index (χ1) is 14.2. The molecule has 0 bridgehead atoms. The maximum absolute atomic E-state index is 13.1. The summed E-state index contributed by atoms with van der Waals surface area (Å²) in [5.41, 5.74) is 3.69. The van der Waals surface area contributed by atoms with Crippen LogP contribution in [0.4, 0.5) is 10.5 Å². The molecule has 2 aromatic carbocycles. The SMILES string of the molecule is COc1ccc2c(c1)CCN1C[C@H]3CCCN(C(=O)Nc4ccccc4)[C@H]3C[C@@H]21. The number of carbonyl (C=O) groups excluding carboxylic acids is 1. The molecular weight excluding hydrogens is 362 g/mol. The number of nitrogens with zero attached hydrogens (tertiary/aromatic N) is 2. The number of anilines is 1. The Bertz CT molecular complexity index is 885. The number of piperidine rings is 2. The molecule has 0 unspecified atom stereocenters.